The van der Waals surface area contributed by atoms with Gasteiger partial charge in [-0.05, 0) is 24.3 Å². The molecule has 0 radical (unpaired) electrons. The van der Waals surface area contributed by atoms with Crippen LogP contribution in [0.15, 0.2) is 29.2 Å². The molecule has 0 aliphatic heterocycles. The van der Waals surface area contributed by atoms with Crippen molar-refractivity contribution in [2.45, 2.75) is 11.3 Å². The van der Waals surface area contributed by atoms with E-state index in [0.717, 1.165) is 24.3 Å². The molecule has 0 spiro atoms. The SMILES string of the molecule is O=C([O-])CCS(=O)(=O)c1ccc(F)cc1. The molecule has 0 fully saturated rings. The first-order valence-corrected chi connectivity index (χ1v) is 5.75. The maximum absolute atomic E-state index is 12.5. The Morgan fingerprint density at radius 1 is 1.27 bits per heavy atom. The highest BCUT2D eigenvalue weighted by Gasteiger charge is 2.13. The molecule has 1 aromatic carbocycles. The predicted molar refractivity (Wildman–Crippen MR) is 48.1 cm³/mol. The van der Waals surface area contributed by atoms with Gasteiger partial charge in [-0.15, -0.1) is 0 Å². The van der Waals surface area contributed by atoms with E-state index in [1.807, 2.05) is 0 Å². The number of aliphatic carboxylic acids is 1. The second-order valence-electron chi connectivity index (χ2n) is 2.89. The van der Waals surface area contributed by atoms with Crippen molar-refractivity contribution >= 4 is 15.8 Å². The highest BCUT2D eigenvalue weighted by Crippen LogP contribution is 2.12. The molecular weight excluding hydrogens is 223 g/mol. The normalized spacial score (nSPS) is 11.3. The summed E-state index contributed by atoms with van der Waals surface area (Å²) in [6.07, 6.45) is -0.570. The molecule has 0 bridgehead atoms. The Morgan fingerprint density at radius 3 is 2.27 bits per heavy atom. The van der Waals surface area contributed by atoms with Crippen LogP contribution in [0.4, 0.5) is 4.39 Å². The molecule has 1 aromatic rings. The first-order valence-electron chi connectivity index (χ1n) is 4.10. The third-order valence-electron chi connectivity index (χ3n) is 1.75. The molecule has 0 saturated heterocycles. The average Bonchev–Trinajstić information content (AvgIpc) is 2.16. The third kappa shape index (κ3) is 3.32. The molecule has 0 amide bonds. The van der Waals surface area contributed by atoms with Crippen LogP contribution < -0.4 is 5.11 Å². The minimum absolute atomic E-state index is 0.0925. The van der Waals surface area contributed by atoms with Gasteiger partial charge in [-0.25, -0.2) is 12.8 Å². The van der Waals surface area contributed by atoms with Crippen molar-refractivity contribution in [1.29, 1.82) is 0 Å². The van der Waals surface area contributed by atoms with Gasteiger partial charge in [0.25, 0.3) is 0 Å². The number of halogens is 1. The number of rotatable bonds is 4. The van der Waals surface area contributed by atoms with Crippen LogP contribution in [0.5, 0.6) is 0 Å². The van der Waals surface area contributed by atoms with Crippen LogP contribution in [0.1, 0.15) is 6.42 Å². The van der Waals surface area contributed by atoms with E-state index in [4.69, 9.17) is 0 Å². The summed E-state index contributed by atoms with van der Waals surface area (Å²) in [5, 5.41) is 10.1. The molecule has 0 unspecified atom stereocenters. The van der Waals surface area contributed by atoms with Crippen LogP contribution >= 0.6 is 0 Å². The van der Waals surface area contributed by atoms with Crippen molar-refractivity contribution < 1.29 is 22.7 Å². The lowest BCUT2D eigenvalue weighted by molar-refractivity contribution is -0.305. The van der Waals surface area contributed by atoms with Gasteiger partial charge >= 0.3 is 0 Å². The number of carbonyl (C=O) groups excluding carboxylic acids is 1. The average molecular weight is 231 g/mol. The van der Waals surface area contributed by atoms with Crippen molar-refractivity contribution in [1.82, 2.24) is 0 Å². The van der Waals surface area contributed by atoms with E-state index in [9.17, 15) is 22.7 Å². The highest BCUT2D eigenvalue weighted by molar-refractivity contribution is 7.91. The Labute approximate surface area is 86.3 Å². The van der Waals surface area contributed by atoms with Crippen LogP contribution in [-0.2, 0) is 14.6 Å². The summed E-state index contributed by atoms with van der Waals surface area (Å²) >= 11 is 0. The maximum atomic E-state index is 12.5. The first kappa shape index (κ1) is 11.6. The van der Waals surface area contributed by atoms with Crippen LogP contribution in [0.25, 0.3) is 0 Å². The van der Waals surface area contributed by atoms with Crippen LogP contribution in [-0.4, -0.2) is 20.1 Å². The van der Waals surface area contributed by atoms with E-state index in [0.29, 0.717) is 0 Å². The van der Waals surface area contributed by atoms with Crippen molar-refractivity contribution in [2.75, 3.05) is 5.75 Å². The monoisotopic (exact) mass is 231 g/mol. The number of carboxylic acid groups (broad SMARTS) is 1. The molecule has 15 heavy (non-hydrogen) atoms. The molecule has 0 atom stereocenters. The number of carbonyl (C=O) groups is 1. The molecule has 0 aliphatic carbocycles. The molecule has 4 nitrogen and oxygen atoms in total. The van der Waals surface area contributed by atoms with Gasteiger partial charge in [0.1, 0.15) is 5.82 Å². The number of hydrogen-bond acceptors (Lipinski definition) is 4. The minimum Gasteiger partial charge on any atom is -0.550 e. The van der Waals surface area contributed by atoms with Crippen LogP contribution in [0.3, 0.4) is 0 Å². The van der Waals surface area contributed by atoms with Crippen molar-refractivity contribution in [3.8, 4) is 0 Å². The molecule has 82 valence electrons. The fourth-order valence-corrected chi connectivity index (χ4v) is 2.20. The molecule has 0 heterocycles. The molecule has 0 N–H and O–H groups in total. The van der Waals surface area contributed by atoms with E-state index in [1.165, 1.54) is 0 Å². The van der Waals surface area contributed by atoms with Gasteiger partial charge in [0.2, 0.25) is 0 Å². The zero-order chi connectivity index (χ0) is 11.5. The summed E-state index contributed by atoms with van der Waals surface area (Å²) in [5.41, 5.74) is 0. The van der Waals surface area contributed by atoms with Gasteiger partial charge < -0.3 is 9.90 Å². The zero-order valence-electron chi connectivity index (χ0n) is 7.64. The van der Waals surface area contributed by atoms with Gasteiger partial charge in [0, 0.05) is 12.4 Å². The molecule has 0 aromatic heterocycles. The van der Waals surface area contributed by atoms with Crippen molar-refractivity contribution in [3.05, 3.63) is 30.1 Å². The summed E-state index contributed by atoms with van der Waals surface area (Å²) < 4.78 is 35.4. The van der Waals surface area contributed by atoms with Gasteiger partial charge in [0.05, 0.1) is 10.6 Å². The van der Waals surface area contributed by atoms with Crippen molar-refractivity contribution in [3.63, 3.8) is 0 Å². The second-order valence-corrected chi connectivity index (χ2v) is 5.00. The standard InChI is InChI=1S/C9H9FO4S/c10-7-1-3-8(4-2-7)15(13,14)6-5-9(11)12/h1-4H,5-6H2,(H,11,12)/p-1. The molecular formula is C9H8FO4S-. The minimum atomic E-state index is -3.66. The van der Waals surface area contributed by atoms with Gasteiger partial charge in [-0.2, -0.15) is 0 Å². The van der Waals surface area contributed by atoms with Gasteiger partial charge in [0.15, 0.2) is 9.84 Å². The summed E-state index contributed by atoms with van der Waals surface area (Å²) in [6, 6.07) is 4.21. The fourth-order valence-electron chi connectivity index (χ4n) is 0.977. The lowest BCUT2D eigenvalue weighted by Gasteiger charge is -2.04. The Kier molecular flexibility index (Phi) is 3.41. The van der Waals surface area contributed by atoms with Gasteiger partial charge in [-0.1, -0.05) is 0 Å². The lowest BCUT2D eigenvalue weighted by Crippen LogP contribution is -2.25. The smallest absolute Gasteiger partial charge is 0.178 e. The second kappa shape index (κ2) is 4.39. The summed E-state index contributed by atoms with van der Waals surface area (Å²) in [7, 11) is -3.66. The van der Waals surface area contributed by atoms with E-state index >= 15 is 0 Å². The Balaban J connectivity index is 2.87. The zero-order valence-corrected chi connectivity index (χ0v) is 8.46. The van der Waals surface area contributed by atoms with Crippen molar-refractivity contribution in [2.24, 2.45) is 0 Å². The third-order valence-corrected chi connectivity index (χ3v) is 3.48. The molecule has 1 rings (SSSR count). The topological polar surface area (TPSA) is 74.3 Å². The summed E-state index contributed by atoms with van der Waals surface area (Å²) in [6.45, 7) is 0. The van der Waals surface area contributed by atoms with E-state index in [-0.39, 0.29) is 4.90 Å². The van der Waals surface area contributed by atoms with E-state index in [2.05, 4.69) is 0 Å². The van der Waals surface area contributed by atoms with Crippen LogP contribution in [0, 0.1) is 5.82 Å². The van der Waals surface area contributed by atoms with E-state index in [1.54, 1.807) is 0 Å². The number of sulfone groups is 1. The number of hydrogen-bond donors (Lipinski definition) is 0. The predicted octanol–water partition coefficient (Wildman–Crippen LogP) is -0.261. The summed E-state index contributed by atoms with van der Waals surface area (Å²) in [5.74, 6) is -2.52. The molecule has 0 saturated carbocycles. The fraction of sp³-hybridized carbons (Fsp3) is 0.222. The maximum Gasteiger partial charge on any atom is 0.178 e. The lowest BCUT2D eigenvalue weighted by atomic mass is 10.4. The summed E-state index contributed by atoms with van der Waals surface area (Å²) in [4.78, 5) is 10.0. The number of carboxylic acids is 1. The number of benzene rings is 1. The Bertz CT molecular complexity index is 450. The Morgan fingerprint density at radius 2 is 1.80 bits per heavy atom. The molecule has 6 heteroatoms. The molecule has 0 aliphatic rings. The quantitative estimate of drug-likeness (QED) is 0.669. The van der Waals surface area contributed by atoms with Crippen LogP contribution in [0.2, 0.25) is 0 Å². The van der Waals surface area contributed by atoms with E-state index < -0.39 is 33.8 Å². The first-order chi connectivity index (χ1) is 6.92. The van der Waals surface area contributed by atoms with Gasteiger partial charge in [-0.3, -0.25) is 0 Å². The Hall–Kier alpha value is -1.43. The largest absolute Gasteiger partial charge is 0.550 e. The highest BCUT2D eigenvalue weighted by atomic mass is 32.2.